The van der Waals surface area contributed by atoms with Crippen LogP contribution in [0.2, 0.25) is 0 Å². The van der Waals surface area contributed by atoms with Gasteiger partial charge in [0.15, 0.2) is 0 Å². The number of piperidine rings is 1. The van der Waals surface area contributed by atoms with E-state index in [0.717, 1.165) is 19.3 Å². The largest absolute Gasteiger partial charge is 0.396 e. The van der Waals surface area contributed by atoms with Crippen molar-refractivity contribution in [2.24, 2.45) is 5.41 Å². The van der Waals surface area contributed by atoms with Gasteiger partial charge in [-0.25, -0.2) is 4.98 Å². The van der Waals surface area contributed by atoms with Gasteiger partial charge in [0.2, 0.25) is 5.91 Å². The van der Waals surface area contributed by atoms with E-state index in [4.69, 9.17) is 0 Å². The molecule has 1 saturated heterocycles. The van der Waals surface area contributed by atoms with E-state index in [-0.39, 0.29) is 29.9 Å². The molecule has 2 N–H and O–H groups in total. The quantitative estimate of drug-likeness (QED) is 0.831. The van der Waals surface area contributed by atoms with Gasteiger partial charge < -0.3 is 15.0 Å². The Morgan fingerprint density at radius 2 is 2.40 bits per heavy atom. The number of aromatic nitrogens is 2. The topological polar surface area (TPSA) is 86.3 Å². The number of hydrogen-bond donors (Lipinski definition) is 2. The van der Waals surface area contributed by atoms with E-state index in [9.17, 15) is 14.7 Å². The van der Waals surface area contributed by atoms with Crippen LogP contribution in [0.5, 0.6) is 0 Å². The zero-order valence-electron chi connectivity index (χ0n) is 11.8. The van der Waals surface area contributed by atoms with Crippen LogP contribution in [0.3, 0.4) is 0 Å². The monoisotopic (exact) mass is 279 g/mol. The molecular weight excluding hydrogens is 258 g/mol. The lowest BCUT2D eigenvalue weighted by Crippen LogP contribution is -2.48. The minimum absolute atomic E-state index is 0.0639. The second-order valence-electron chi connectivity index (χ2n) is 5.51. The molecule has 0 unspecified atom stereocenters. The van der Waals surface area contributed by atoms with Gasteiger partial charge in [-0.1, -0.05) is 6.92 Å². The number of aliphatic hydroxyl groups excluding tert-OH is 1. The third kappa shape index (κ3) is 3.07. The normalized spacial score (nSPS) is 22.8. The Morgan fingerprint density at radius 3 is 3.05 bits per heavy atom. The number of hydrogen-bond acceptors (Lipinski definition) is 4. The number of H-pyrrole nitrogens is 1. The minimum Gasteiger partial charge on any atom is -0.396 e. The highest BCUT2D eigenvalue weighted by atomic mass is 16.3. The molecule has 6 heteroatoms. The van der Waals surface area contributed by atoms with Gasteiger partial charge in [-0.15, -0.1) is 0 Å². The van der Waals surface area contributed by atoms with Crippen molar-refractivity contribution in [2.75, 3.05) is 19.7 Å². The minimum atomic E-state index is -0.269. The summed E-state index contributed by atoms with van der Waals surface area (Å²) < 4.78 is 0. The zero-order chi connectivity index (χ0) is 14.6. The van der Waals surface area contributed by atoms with Crippen molar-refractivity contribution in [3.05, 3.63) is 28.4 Å². The van der Waals surface area contributed by atoms with Crippen LogP contribution >= 0.6 is 0 Å². The van der Waals surface area contributed by atoms with Crippen molar-refractivity contribution in [3.8, 4) is 0 Å². The van der Waals surface area contributed by atoms with E-state index in [0.29, 0.717) is 18.7 Å². The van der Waals surface area contributed by atoms with Gasteiger partial charge in [0.05, 0.1) is 19.4 Å². The third-order valence-electron chi connectivity index (χ3n) is 4.23. The first-order valence-corrected chi connectivity index (χ1v) is 7.00. The van der Waals surface area contributed by atoms with Crippen LogP contribution in [-0.4, -0.2) is 45.6 Å². The Hall–Kier alpha value is -1.69. The summed E-state index contributed by atoms with van der Waals surface area (Å²) in [6.07, 6.45) is 5.49. The maximum atomic E-state index is 12.3. The molecule has 1 aliphatic rings. The van der Waals surface area contributed by atoms with Gasteiger partial charge in [-0.05, 0) is 19.3 Å². The number of nitrogens with zero attached hydrogens (tertiary/aromatic N) is 2. The highest BCUT2D eigenvalue weighted by Gasteiger charge is 2.35. The molecular formula is C14H21N3O3. The molecule has 1 fully saturated rings. The average Bonchev–Trinajstić information content (AvgIpc) is 2.49. The second-order valence-corrected chi connectivity index (χ2v) is 5.51. The van der Waals surface area contributed by atoms with E-state index in [1.54, 1.807) is 4.90 Å². The highest BCUT2D eigenvalue weighted by molar-refractivity contribution is 5.78. The van der Waals surface area contributed by atoms with Gasteiger partial charge in [-0.2, -0.15) is 0 Å². The maximum Gasteiger partial charge on any atom is 0.254 e. The molecule has 1 aliphatic heterocycles. The molecule has 6 nitrogen and oxygen atoms in total. The maximum absolute atomic E-state index is 12.3. The molecule has 110 valence electrons. The fourth-order valence-electron chi connectivity index (χ4n) is 2.73. The molecule has 1 aromatic heterocycles. The van der Waals surface area contributed by atoms with Gasteiger partial charge >= 0.3 is 0 Å². The number of nitrogens with one attached hydrogen (secondary N) is 1. The van der Waals surface area contributed by atoms with E-state index in [2.05, 4.69) is 9.97 Å². The van der Waals surface area contributed by atoms with Crippen LogP contribution in [0, 0.1) is 5.41 Å². The Bertz CT molecular complexity index is 522. The lowest BCUT2D eigenvalue weighted by atomic mass is 9.78. The van der Waals surface area contributed by atoms with Crippen LogP contribution < -0.4 is 5.56 Å². The summed E-state index contributed by atoms with van der Waals surface area (Å²) in [5.41, 5.74) is -0.0710. The summed E-state index contributed by atoms with van der Waals surface area (Å²) in [5.74, 6) is -0.0746. The molecule has 0 saturated carbocycles. The number of carbonyl (C=O) groups is 1. The Morgan fingerprint density at radius 1 is 1.60 bits per heavy atom. The van der Waals surface area contributed by atoms with Crippen molar-refractivity contribution >= 4 is 5.91 Å². The highest BCUT2D eigenvalue weighted by Crippen LogP contribution is 2.32. The van der Waals surface area contributed by atoms with Crippen LogP contribution in [0.25, 0.3) is 0 Å². The van der Waals surface area contributed by atoms with Crippen LogP contribution in [-0.2, 0) is 11.2 Å². The number of likely N-dealkylation sites (tertiary alicyclic amines) is 1. The van der Waals surface area contributed by atoms with Crippen LogP contribution in [0.1, 0.15) is 31.7 Å². The predicted molar refractivity (Wildman–Crippen MR) is 74.2 cm³/mol. The molecule has 0 aromatic carbocycles. The van der Waals surface area contributed by atoms with Gasteiger partial charge in [-0.3, -0.25) is 9.59 Å². The number of rotatable bonds is 4. The van der Waals surface area contributed by atoms with Crippen molar-refractivity contribution in [2.45, 2.75) is 32.6 Å². The molecule has 0 radical (unpaired) electrons. The Labute approximate surface area is 117 Å². The summed E-state index contributed by atoms with van der Waals surface area (Å²) in [5, 5.41) is 9.57. The van der Waals surface area contributed by atoms with Crippen molar-refractivity contribution in [1.82, 2.24) is 14.9 Å². The molecule has 2 rings (SSSR count). The molecule has 20 heavy (non-hydrogen) atoms. The molecule has 0 bridgehead atoms. The fraction of sp³-hybridized carbons (Fsp3) is 0.643. The standard InChI is InChI=1S/C14H21N3O3/c1-2-14(9-18)4-3-5-17(8-14)12(19)6-11-7-15-10-16-13(11)20/h7,10,18H,2-6,8-9H2,1H3,(H,15,16,20)/t14-/m0/s1. The molecule has 0 aliphatic carbocycles. The second kappa shape index (κ2) is 6.17. The number of amides is 1. The van der Waals surface area contributed by atoms with E-state index in [1.807, 2.05) is 6.92 Å². The molecule has 0 spiro atoms. The van der Waals surface area contributed by atoms with Crippen molar-refractivity contribution in [1.29, 1.82) is 0 Å². The molecule has 1 aromatic rings. The summed E-state index contributed by atoms with van der Waals surface area (Å²) in [4.78, 5) is 31.9. The lowest BCUT2D eigenvalue weighted by Gasteiger charge is -2.41. The first kappa shape index (κ1) is 14.7. The Balaban J connectivity index is 2.06. The SMILES string of the molecule is CC[C@]1(CO)CCCN(C(=O)Cc2cnc[nH]c2=O)C1. The number of aromatic amines is 1. The van der Waals surface area contributed by atoms with Crippen LogP contribution in [0.4, 0.5) is 0 Å². The fourth-order valence-corrected chi connectivity index (χ4v) is 2.73. The molecule has 2 heterocycles. The van der Waals surface area contributed by atoms with Crippen molar-refractivity contribution in [3.63, 3.8) is 0 Å². The summed E-state index contributed by atoms with van der Waals surface area (Å²) in [6.45, 7) is 3.40. The van der Waals surface area contributed by atoms with Crippen LogP contribution in [0.15, 0.2) is 17.3 Å². The Kier molecular flexibility index (Phi) is 4.54. The lowest BCUT2D eigenvalue weighted by molar-refractivity contribution is -0.134. The molecule has 1 atom stereocenters. The smallest absolute Gasteiger partial charge is 0.254 e. The predicted octanol–water partition coefficient (Wildman–Crippen LogP) is 0.324. The van der Waals surface area contributed by atoms with E-state index < -0.39 is 0 Å². The average molecular weight is 279 g/mol. The van der Waals surface area contributed by atoms with E-state index in [1.165, 1.54) is 12.5 Å². The summed E-state index contributed by atoms with van der Waals surface area (Å²) in [6, 6.07) is 0. The number of aliphatic hydroxyl groups is 1. The number of carbonyl (C=O) groups excluding carboxylic acids is 1. The van der Waals surface area contributed by atoms with Gasteiger partial charge in [0.25, 0.3) is 5.56 Å². The first-order valence-electron chi connectivity index (χ1n) is 7.00. The van der Waals surface area contributed by atoms with Gasteiger partial charge in [0, 0.05) is 30.3 Å². The zero-order valence-corrected chi connectivity index (χ0v) is 11.8. The third-order valence-corrected chi connectivity index (χ3v) is 4.23. The summed E-state index contributed by atoms with van der Waals surface area (Å²) >= 11 is 0. The van der Waals surface area contributed by atoms with Crippen molar-refractivity contribution < 1.29 is 9.90 Å². The first-order chi connectivity index (χ1) is 9.60. The van der Waals surface area contributed by atoms with Gasteiger partial charge in [0.1, 0.15) is 0 Å². The summed E-state index contributed by atoms with van der Waals surface area (Å²) in [7, 11) is 0. The molecule has 1 amide bonds. The van der Waals surface area contributed by atoms with E-state index >= 15 is 0 Å².